The standard InChI is InChI=1S/C19H31N3O2/c1-16(2)12-18(15-23)20-19(24)14-22-10-8-21(9-11-22)13-17-6-4-3-5-7-17/h3-7,16,18,23H,8-15H2,1-2H3,(H,20,24). The number of carbonyl (C=O) groups excluding carboxylic acids is 1. The summed E-state index contributed by atoms with van der Waals surface area (Å²) < 4.78 is 0. The Hall–Kier alpha value is -1.43. The first-order valence-corrected chi connectivity index (χ1v) is 8.95. The number of rotatable bonds is 8. The summed E-state index contributed by atoms with van der Waals surface area (Å²) in [6.07, 6.45) is 0.813. The molecule has 1 unspecified atom stereocenters. The number of amides is 1. The van der Waals surface area contributed by atoms with Crippen LogP contribution in [0.2, 0.25) is 0 Å². The Balaban J connectivity index is 1.69. The van der Waals surface area contributed by atoms with Crippen LogP contribution in [-0.2, 0) is 11.3 Å². The van der Waals surface area contributed by atoms with Gasteiger partial charge in [0.2, 0.25) is 5.91 Å². The quantitative estimate of drug-likeness (QED) is 0.754. The van der Waals surface area contributed by atoms with Crippen LogP contribution >= 0.6 is 0 Å². The van der Waals surface area contributed by atoms with Crippen LogP contribution in [0.15, 0.2) is 30.3 Å². The molecule has 0 radical (unpaired) electrons. The number of nitrogens with one attached hydrogen (secondary N) is 1. The average Bonchev–Trinajstić information content (AvgIpc) is 2.56. The first-order valence-electron chi connectivity index (χ1n) is 8.95. The van der Waals surface area contributed by atoms with E-state index < -0.39 is 0 Å². The van der Waals surface area contributed by atoms with Crippen molar-refractivity contribution in [2.24, 2.45) is 5.92 Å². The van der Waals surface area contributed by atoms with Crippen molar-refractivity contribution in [1.82, 2.24) is 15.1 Å². The van der Waals surface area contributed by atoms with Crippen molar-refractivity contribution in [3.8, 4) is 0 Å². The molecule has 2 N–H and O–H groups in total. The lowest BCUT2D eigenvalue weighted by Gasteiger charge is -2.34. The van der Waals surface area contributed by atoms with Gasteiger partial charge in [0.05, 0.1) is 19.2 Å². The number of hydrogen-bond donors (Lipinski definition) is 2. The minimum absolute atomic E-state index is 0.00870. The van der Waals surface area contributed by atoms with Gasteiger partial charge in [0.15, 0.2) is 0 Å². The number of piperazine rings is 1. The SMILES string of the molecule is CC(C)CC(CO)NC(=O)CN1CCN(Cc2ccccc2)CC1. The molecule has 1 fully saturated rings. The Morgan fingerprint density at radius 2 is 1.75 bits per heavy atom. The Morgan fingerprint density at radius 1 is 1.12 bits per heavy atom. The zero-order chi connectivity index (χ0) is 17.4. The Morgan fingerprint density at radius 3 is 2.33 bits per heavy atom. The van der Waals surface area contributed by atoms with Crippen molar-refractivity contribution in [1.29, 1.82) is 0 Å². The highest BCUT2D eigenvalue weighted by atomic mass is 16.3. The van der Waals surface area contributed by atoms with Crippen molar-refractivity contribution < 1.29 is 9.90 Å². The van der Waals surface area contributed by atoms with E-state index in [4.69, 9.17) is 0 Å². The van der Waals surface area contributed by atoms with Gasteiger partial charge in [-0.25, -0.2) is 0 Å². The molecule has 0 spiro atoms. The minimum Gasteiger partial charge on any atom is -0.394 e. The number of carbonyl (C=O) groups is 1. The molecule has 24 heavy (non-hydrogen) atoms. The molecule has 0 saturated carbocycles. The molecule has 1 saturated heterocycles. The number of aliphatic hydroxyl groups is 1. The van der Waals surface area contributed by atoms with E-state index in [1.165, 1.54) is 5.56 Å². The molecule has 134 valence electrons. The van der Waals surface area contributed by atoms with Crippen molar-refractivity contribution in [2.75, 3.05) is 39.3 Å². The lowest BCUT2D eigenvalue weighted by molar-refractivity contribution is -0.123. The first-order chi connectivity index (χ1) is 11.6. The van der Waals surface area contributed by atoms with Crippen LogP contribution in [0.3, 0.4) is 0 Å². The number of nitrogens with zero attached hydrogens (tertiary/aromatic N) is 2. The van der Waals surface area contributed by atoms with Gasteiger partial charge in [-0.3, -0.25) is 14.6 Å². The van der Waals surface area contributed by atoms with E-state index >= 15 is 0 Å². The van der Waals surface area contributed by atoms with E-state index in [0.717, 1.165) is 39.1 Å². The fourth-order valence-corrected chi connectivity index (χ4v) is 3.17. The molecular weight excluding hydrogens is 302 g/mol. The number of benzene rings is 1. The minimum atomic E-state index is -0.128. The monoisotopic (exact) mass is 333 g/mol. The predicted octanol–water partition coefficient (Wildman–Crippen LogP) is 1.33. The number of hydrogen-bond acceptors (Lipinski definition) is 4. The highest BCUT2D eigenvalue weighted by Gasteiger charge is 2.20. The van der Waals surface area contributed by atoms with Gasteiger partial charge in [-0.05, 0) is 17.9 Å². The highest BCUT2D eigenvalue weighted by molar-refractivity contribution is 5.78. The summed E-state index contributed by atoms with van der Waals surface area (Å²) in [5, 5.41) is 12.3. The van der Waals surface area contributed by atoms with Crippen LogP contribution in [-0.4, -0.2) is 66.2 Å². The molecule has 1 aromatic carbocycles. The van der Waals surface area contributed by atoms with Crippen LogP contribution in [0, 0.1) is 5.92 Å². The van der Waals surface area contributed by atoms with E-state index in [1.54, 1.807) is 0 Å². The molecule has 1 aliphatic heterocycles. The van der Waals surface area contributed by atoms with Gasteiger partial charge in [-0.1, -0.05) is 44.2 Å². The molecule has 1 heterocycles. The first kappa shape index (κ1) is 18.9. The van der Waals surface area contributed by atoms with Crippen LogP contribution < -0.4 is 5.32 Å². The zero-order valence-electron chi connectivity index (χ0n) is 14.9. The van der Waals surface area contributed by atoms with Gasteiger partial charge in [-0.15, -0.1) is 0 Å². The summed E-state index contributed by atoms with van der Waals surface area (Å²) in [6, 6.07) is 10.4. The average molecular weight is 333 g/mol. The molecule has 1 aromatic rings. The van der Waals surface area contributed by atoms with Gasteiger partial charge in [-0.2, -0.15) is 0 Å². The molecule has 0 aliphatic carbocycles. The molecule has 1 amide bonds. The maximum atomic E-state index is 12.2. The molecule has 1 atom stereocenters. The third kappa shape index (κ3) is 6.59. The van der Waals surface area contributed by atoms with Gasteiger partial charge in [0.25, 0.3) is 0 Å². The molecule has 2 rings (SSSR count). The third-order valence-electron chi connectivity index (χ3n) is 4.42. The van der Waals surface area contributed by atoms with E-state index in [2.05, 4.69) is 53.2 Å². The molecule has 5 heteroatoms. The molecule has 0 bridgehead atoms. The fraction of sp³-hybridized carbons (Fsp3) is 0.632. The molecule has 5 nitrogen and oxygen atoms in total. The van der Waals surface area contributed by atoms with E-state index in [-0.39, 0.29) is 18.6 Å². The highest BCUT2D eigenvalue weighted by Crippen LogP contribution is 2.08. The van der Waals surface area contributed by atoms with E-state index in [0.29, 0.717) is 12.5 Å². The van der Waals surface area contributed by atoms with Gasteiger partial charge in [0, 0.05) is 32.7 Å². The zero-order valence-corrected chi connectivity index (χ0v) is 14.9. The van der Waals surface area contributed by atoms with Gasteiger partial charge in [0.1, 0.15) is 0 Å². The summed E-state index contributed by atoms with van der Waals surface area (Å²) in [4.78, 5) is 16.8. The Kier molecular flexibility index (Phi) is 7.69. The topological polar surface area (TPSA) is 55.8 Å². The summed E-state index contributed by atoms with van der Waals surface area (Å²) in [5.41, 5.74) is 1.34. The second kappa shape index (κ2) is 9.77. The summed E-state index contributed by atoms with van der Waals surface area (Å²) >= 11 is 0. The van der Waals surface area contributed by atoms with Gasteiger partial charge >= 0.3 is 0 Å². The summed E-state index contributed by atoms with van der Waals surface area (Å²) in [5.74, 6) is 0.482. The predicted molar refractivity (Wildman–Crippen MR) is 96.6 cm³/mol. The lowest BCUT2D eigenvalue weighted by Crippen LogP contribution is -2.50. The largest absolute Gasteiger partial charge is 0.394 e. The van der Waals surface area contributed by atoms with E-state index in [1.807, 2.05) is 6.07 Å². The van der Waals surface area contributed by atoms with Crippen LogP contribution in [0.1, 0.15) is 25.8 Å². The van der Waals surface area contributed by atoms with Crippen LogP contribution in [0.25, 0.3) is 0 Å². The van der Waals surface area contributed by atoms with Crippen molar-refractivity contribution >= 4 is 5.91 Å². The molecule has 0 aromatic heterocycles. The fourth-order valence-electron chi connectivity index (χ4n) is 3.17. The maximum Gasteiger partial charge on any atom is 0.234 e. The second-order valence-corrected chi connectivity index (χ2v) is 7.11. The Labute approximate surface area is 145 Å². The van der Waals surface area contributed by atoms with Crippen molar-refractivity contribution in [2.45, 2.75) is 32.9 Å². The third-order valence-corrected chi connectivity index (χ3v) is 4.42. The van der Waals surface area contributed by atoms with Crippen molar-refractivity contribution in [3.63, 3.8) is 0 Å². The second-order valence-electron chi connectivity index (χ2n) is 7.11. The van der Waals surface area contributed by atoms with E-state index in [9.17, 15) is 9.90 Å². The summed E-state index contributed by atoms with van der Waals surface area (Å²) in [7, 11) is 0. The van der Waals surface area contributed by atoms with Gasteiger partial charge < -0.3 is 10.4 Å². The normalized spacial score (nSPS) is 17.8. The molecular formula is C19H31N3O2. The Bertz CT molecular complexity index is 485. The van der Waals surface area contributed by atoms with Crippen LogP contribution in [0.5, 0.6) is 0 Å². The maximum absolute atomic E-state index is 12.2. The number of aliphatic hydroxyl groups excluding tert-OH is 1. The molecule has 1 aliphatic rings. The van der Waals surface area contributed by atoms with Crippen molar-refractivity contribution in [3.05, 3.63) is 35.9 Å². The summed E-state index contributed by atoms with van der Waals surface area (Å²) in [6.45, 7) is 9.39. The lowest BCUT2D eigenvalue weighted by atomic mass is 10.0. The van der Waals surface area contributed by atoms with Crippen LogP contribution in [0.4, 0.5) is 0 Å². The smallest absolute Gasteiger partial charge is 0.234 e.